The van der Waals surface area contributed by atoms with Crippen LogP contribution in [-0.4, -0.2) is 29.3 Å². The third-order valence-corrected chi connectivity index (χ3v) is 6.06. The van der Waals surface area contributed by atoms with Gasteiger partial charge in [0, 0.05) is 27.9 Å². The van der Waals surface area contributed by atoms with Crippen LogP contribution in [0.3, 0.4) is 0 Å². The highest BCUT2D eigenvalue weighted by molar-refractivity contribution is 8.00. The fourth-order valence-electron chi connectivity index (χ4n) is 3.25. The topological polar surface area (TPSA) is 29.3 Å². The van der Waals surface area contributed by atoms with Crippen molar-refractivity contribution >= 4 is 29.1 Å². The summed E-state index contributed by atoms with van der Waals surface area (Å²) in [6, 6.07) is 7.43. The minimum Gasteiger partial charge on any atom is -0.399 e. The fraction of sp³-hybridized carbons (Fsp3) is 0.571. The van der Waals surface area contributed by atoms with E-state index in [1.165, 1.54) is 30.6 Å². The van der Waals surface area contributed by atoms with Crippen LogP contribution in [0.15, 0.2) is 23.1 Å². The van der Waals surface area contributed by atoms with Gasteiger partial charge in [0.2, 0.25) is 0 Å². The molecule has 1 aromatic rings. The smallest absolute Gasteiger partial charge is 0.0562 e. The highest BCUT2D eigenvalue weighted by Crippen LogP contribution is 2.43. The van der Waals surface area contributed by atoms with Crippen LogP contribution in [0.5, 0.6) is 0 Å². The van der Waals surface area contributed by atoms with E-state index >= 15 is 0 Å². The van der Waals surface area contributed by atoms with Crippen molar-refractivity contribution in [2.24, 2.45) is 0 Å². The SMILES string of the molecule is CN1[C@@H]2CC[C@H]1CC(Sc1ccc(N)cc1Cl)C2. The van der Waals surface area contributed by atoms with Crippen LogP contribution in [0.4, 0.5) is 5.69 Å². The molecule has 2 aliphatic rings. The van der Waals surface area contributed by atoms with Crippen LogP contribution in [0.25, 0.3) is 0 Å². The van der Waals surface area contributed by atoms with Crippen molar-refractivity contribution in [3.05, 3.63) is 23.2 Å². The highest BCUT2D eigenvalue weighted by atomic mass is 35.5. The first kappa shape index (κ1) is 12.6. The van der Waals surface area contributed by atoms with Crippen molar-refractivity contribution in [2.75, 3.05) is 12.8 Å². The van der Waals surface area contributed by atoms with Gasteiger partial charge in [0.1, 0.15) is 0 Å². The number of rotatable bonds is 2. The lowest BCUT2D eigenvalue weighted by atomic mass is 10.0. The molecule has 4 heteroatoms. The number of nitrogens with two attached hydrogens (primary N) is 1. The number of anilines is 1. The summed E-state index contributed by atoms with van der Waals surface area (Å²) in [5.41, 5.74) is 6.48. The first-order valence-electron chi connectivity index (χ1n) is 6.57. The van der Waals surface area contributed by atoms with Crippen LogP contribution in [0.1, 0.15) is 25.7 Å². The number of piperidine rings is 1. The summed E-state index contributed by atoms with van der Waals surface area (Å²) in [5.74, 6) is 0. The molecule has 1 unspecified atom stereocenters. The predicted octanol–water partition coefficient (Wildman–Crippen LogP) is 3.64. The molecule has 0 spiro atoms. The molecule has 2 N–H and O–H groups in total. The van der Waals surface area contributed by atoms with Gasteiger partial charge in [-0.1, -0.05) is 11.6 Å². The molecule has 0 aliphatic carbocycles. The van der Waals surface area contributed by atoms with Crippen LogP contribution < -0.4 is 5.73 Å². The molecule has 2 heterocycles. The standard InChI is InChI=1S/C14H19ClN2S/c1-17-10-3-4-11(17)8-12(7-10)18-14-5-2-9(16)6-13(14)15/h2,5-6,10-12H,3-4,7-8,16H2,1H3/t10-,11+,12?. The van der Waals surface area contributed by atoms with Crippen LogP contribution >= 0.6 is 23.4 Å². The van der Waals surface area contributed by atoms with E-state index < -0.39 is 0 Å². The number of hydrogen-bond donors (Lipinski definition) is 1. The minimum atomic E-state index is 0.708. The van der Waals surface area contributed by atoms with Crippen molar-refractivity contribution in [2.45, 2.75) is 47.9 Å². The minimum absolute atomic E-state index is 0.708. The van der Waals surface area contributed by atoms with E-state index in [4.69, 9.17) is 17.3 Å². The van der Waals surface area contributed by atoms with Gasteiger partial charge in [-0.25, -0.2) is 0 Å². The van der Waals surface area contributed by atoms with Gasteiger partial charge in [-0.2, -0.15) is 0 Å². The van der Waals surface area contributed by atoms with Gasteiger partial charge in [0.05, 0.1) is 5.02 Å². The van der Waals surface area contributed by atoms with Crippen LogP contribution in [0, 0.1) is 0 Å². The van der Waals surface area contributed by atoms with Crippen molar-refractivity contribution in [3.63, 3.8) is 0 Å². The second kappa shape index (κ2) is 4.95. The van der Waals surface area contributed by atoms with Gasteiger partial charge in [-0.05, 0) is 50.9 Å². The van der Waals surface area contributed by atoms with Gasteiger partial charge in [0.15, 0.2) is 0 Å². The van der Waals surface area contributed by atoms with E-state index in [2.05, 4.69) is 18.0 Å². The molecule has 18 heavy (non-hydrogen) atoms. The zero-order valence-electron chi connectivity index (χ0n) is 10.6. The third-order valence-electron chi connectivity index (χ3n) is 4.30. The van der Waals surface area contributed by atoms with Crippen molar-refractivity contribution in [1.82, 2.24) is 4.90 Å². The van der Waals surface area contributed by atoms with Gasteiger partial charge in [-0.3, -0.25) is 0 Å². The molecule has 2 aliphatic heterocycles. The molecular weight excluding hydrogens is 264 g/mol. The van der Waals surface area contributed by atoms with Crippen molar-refractivity contribution in [3.8, 4) is 0 Å². The number of benzene rings is 1. The number of nitrogens with zero attached hydrogens (tertiary/aromatic N) is 1. The molecule has 3 atom stereocenters. The lowest BCUT2D eigenvalue weighted by Gasteiger charge is -2.36. The molecule has 98 valence electrons. The highest BCUT2D eigenvalue weighted by Gasteiger charge is 2.38. The molecule has 1 aromatic carbocycles. The fourth-order valence-corrected chi connectivity index (χ4v) is 4.89. The lowest BCUT2D eigenvalue weighted by molar-refractivity contribution is 0.183. The number of hydrogen-bond acceptors (Lipinski definition) is 3. The molecule has 0 aromatic heterocycles. The van der Waals surface area contributed by atoms with Crippen LogP contribution in [0.2, 0.25) is 5.02 Å². The normalized spacial score (nSPS) is 31.8. The summed E-state index contributed by atoms with van der Waals surface area (Å²) in [7, 11) is 2.28. The average molecular weight is 283 g/mol. The monoisotopic (exact) mass is 282 g/mol. The molecule has 0 radical (unpaired) electrons. The predicted molar refractivity (Wildman–Crippen MR) is 79.3 cm³/mol. The summed E-state index contributed by atoms with van der Waals surface area (Å²) in [6.07, 6.45) is 5.32. The Morgan fingerprint density at radius 2 is 1.94 bits per heavy atom. The summed E-state index contributed by atoms with van der Waals surface area (Å²) in [4.78, 5) is 3.75. The van der Waals surface area contributed by atoms with Gasteiger partial charge in [-0.15, -0.1) is 11.8 Å². The second-order valence-electron chi connectivity index (χ2n) is 5.45. The molecule has 0 saturated carbocycles. The van der Waals surface area contributed by atoms with Gasteiger partial charge >= 0.3 is 0 Å². The Balaban J connectivity index is 1.70. The van der Waals surface area contributed by atoms with E-state index in [0.717, 1.165) is 22.8 Å². The van der Waals surface area contributed by atoms with E-state index in [-0.39, 0.29) is 0 Å². The van der Waals surface area contributed by atoms with Crippen molar-refractivity contribution < 1.29 is 0 Å². The lowest BCUT2D eigenvalue weighted by Crippen LogP contribution is -2.40. The van der Waals surface area contributed by atoms with Crippen molar-refractivity contribution in [1.29, 1.82) is 0 Å². The summed E-state index contributed by atoms with van der Waals surface area (Å²) in [5, 5.41) is 1.51. The molecule has 2 bridgehead atoms. The summed E-state index contributed by atoms with van der Waals surface area (Å²) >= 11 is 8.19. The average Bonchev–Trinajstić information content (AvgIpc) is 2.57. The van der Waals surface area contributed by atoms with E-state index in [9.17, 15) is 0 Å². The quantitative estimate of drug-likeness (QED) is 0.840. The Bertz CT molecular complexity index is 437. The Hall–Kier alpha value is -0.380. The number of thioether (sulfide) groups is 1. The summed E-state index contributed by atoms with van der Waals surface area (Å²) in [6.45, 7) is 0. The first-order chi connectivity index (χ1) is 8.63. The second-order valence-corrected chi connectivity index (χ2v) is 7.20. The Kier molecular flexibility index (Phi) is 3.48. The Morgan fingerprint density at radius 1 is 1.28 bits per heavy atom. The number of fused-ring (bicyclic) bond motifs is 2. The molecule has 3 rings (SSSR count). The number of nitrogen functional groups attached to an aromatic ring is 1. The third kappa shape index (κ3) is 2.36. The number of halogens is 1. The van der Waals surface area contributed by atoms with E-state index in [1.54, 1.807) is 0 Å². The molecule has 2 saturated heterocycles. The maximum absolute atomic E-state index is 6.25. The van der Waals surface area contributed by atoms with Gasteiger partial charge < -0.3 is 10.6 Å². The molecular formula is C14H19ClN2S. The Morgan fingerprint density at radius 3 is 2.56 bits per heavy atom. The van der Waals surface area contributed by atoms with E-state index in [1.807, 2.05) is 23.9 Å². The van der Waals surface area contributed by atoms with Crippen LogP contribution in [-0.2, 0) is 0 Å². The maximum Gasteiger partial charge on any atom is 0.0562 e. The maximum atomic E-state index is 6.25. The molecule has 2 nitrogen and oxygen atoms in total. The zero-order chi connectivity index (χ0) is 12.7. The molecule has 0 amide bonds. The van der Waals surface area contributed by atoms with Gasteiger partial charge in [0.25, 0.3) is 0 Å². The largest absolute Gasteiger partial charge is 0.399 e. The summed E-state index contributed by atoms with van der Waals surface area (Å²) < 4.78 is 0. The molecule has 2 fully saturated rings. The first-order valence-corrected chi connectivity index (χ1v) is 7.83. The van der Waals surface area contributed by atoms with E-state index in [0.29, 0.717) is 5.25 Å². The zero-order valence-corrected chi connectivity index (χ0v) is 12.2. The Labute approximate surface area is 118 Å².